The van der Waals surface area contributed by atoms with Gasteiger partial charge >= 0.3 is 0 Å². The van der Waals surface area contributed by atoms with Gasteiger partial charge in [-0.05, 0) is 23.8 Å². The Morgan fingerprint density at radius 1 is 1.06 bits per heavy atom. The number of hydrogen-bond acceptors (Lipinski definition) is 7. The van der Waals surface area contributed by atoms with E-state index in [0.29, 0.717) is 38.5 Å². The fourth-order valence-corrected chi connectivity index (χ4v) is 5.03. The Bertz CT molecular complexity index is 1410. The number of thioether (sulfide) groups is 1. The average molecular weight is 493 g/mol. The molecule has 0 radical (unpaired) electrons. The van der Waals surface area contributed by atoms with E-state index in [1.807, 2.05) is 60.7 Å². The van der Waals surface area contributed by atoms with Gasteiger partial charge in [0, 0.05) is 16.5 Å². The molecule has 0 saturated heterocycles. The topological polar surface area (TPSA) is 75.5 Å². The molecular formula is C25H21ClN4O3S. The molecule has 0 saturated carbocycles. The van der Waals surface area contributed by atoms with Crippen LogP contribution in [0.3, 0.4) is 0 Å². The first-order valence-electron chi connectivity index (χ1n) is 10.5. The first-order valence-corrected chi connectivity index (χ1v) is 11.9. The van der Waals surface area contributed by atoms with Gasteiger partial charge in [-0.15, -0.1) is 5.10 Å². The number of amides is 1. The third kappa shape index (κ3) is 4.10. The summed E-state index contributed by atoms with van der Waals surface area (Å²) in [5.74, 6) is 1.35. The molecule has 0 aliphatic carbocycles. The van der Waals surface area contributed by atoms with Gasteiger partial charge in [0.25, 0.3) is 5.91 Å². The summed E-state index contributed by atoms with van der Waals surface area (Å²) >= 11 is 7.95. The SMILES string of the molecule is COc1cc([C@@H]2N=c3ccccc3=C3C(=O)NC(SCc4ccccc4)=NN32)cc(Cl)c1OC. The number of nitrogens with zero attached hydrogens (tertiary/aromatic N) is 3. The number of rotatable bonds is 5. The van der Waals surface area contributed by atoms with Gasteiger partial charge in [0.05, 0.1) is 24.6 Å². The Morgan fingerprint density at radius 3 is 2.59 bits per heavy atom. The number of para-hydroxylation sites is 1. The number of carbonyl (C=O) groups excluding carboxylic acids is 1. The maximum atomic E-state index is 13.3. The zero-order valence-electron chi connectivity index (χ0n) is 18.5. The smallest absolute Gasteiger partial charge is 0.276 e. The van der Waals surface area contributed by atoms with Gasteiger partial charge in [-0.3, -0.25) is 15.1 Å². The first-order chi connectivity index (χ1) is 16.6. The third-order valence-electron chi connectivity index (χ3n) is 5.49. The van der Waals surface area contributed by atoms with Crippen LogP contribution in [-0.2, 0) is 10.5 Å². The highest BCUT2D eigenvalue weighted by Gasteiger charge is 2.35. The van der Waals surface area contributed by atoms with Gasteiger partial charge in [-0.25, -0.2) is 5.01 Å². The Morgan fingerprint density at radius 2 is 1.82 bits per heavy atom. The lowest BCUT2D eigenvalue weighted by molar-refractivity contribution is -0.116. The molecule has 3 aromatic rings. The second kappa shape index (κ2) is 9.40. The van der Waals surface area contributed by atoms with E-state index in [2.05, 4.69) is 5.32 Å². The number of benzene rings is 3. The molecule has 172 valence electrons. The van der Waals surface area contributed by atoms with Crippen molar-refractivity contribution in [2.45, 2.75) is 11.9 Å². The largest absolute Gasteiger partial charge is 0.493 e. The number of hydrazone groups is 1. The summed E-state index contributed by atoms with van der Waals surface area (Å²) < 4.78 is 10.9. The van der Waals surface area contributed by atoms with Gasteiger partial charge in [0.15, 0.2) is 22.8 Å². The second-order valence-corrected chi connectivity index (χ2v) is 8.96. The Hall–Kier alpha value is -3.49. The maximum Gasteiger partial charge on any atom is 0.276 e. The molecule has 0 aromatic heterocycles. The van der Waals surface area contributed by atoms with Gasteiger partial charge < -0.3 is 9.47 Å². The third-order valence-corrected chi connectivity index (χ3v) is 6.70. The monoisotopic (exact) mass is 492 g/mol. The van der Waals surface area contributed by atoms with Crippen molar-refractivity contribution in [3.63, 3.8) is 0 Å². The van der Waals surface area contributed by atoms with Crippen LogP contribution in [0.5, 0.6) is 11.5 Å². The summed E-state index contributed by atoms with van der Waals surface area (Å²) in [7, 11) is 3.08. The van der Waals surface area contributed by atoms with E-state index in [0.717, 1.165) is 16.3 Å². The number of fused-ring (bicyclic) bond motifs is 2. The standard InChI is InChI=1S/C25H21ClN4O3S/c1-32-20-13-16(12-18(26)22(20)33-2)23-27-19-11-7-6-10-17(19)21-24(31)28-25(29-30(21)23)34-14-15-8-4-3-5-9-15/h3-13,23H,14H2,1-2H3,(H,28,29,31)/t23-/m1/s1. The number of hydrogen-bond donors (Lipinski definition) is 1. The fraction of sp³-hybridized carbons (Fsp3) is 0.160. The molecule has 7 nitrogen and oxygen atoms in total. The van der Waals surface area contributed by atoms with Crippen LogP contribution in [-0.4, -0.2) is 30.3 Å². The van der Waals surface area contributed by atoms with E-state index in [9.17, 15) is 4.79 Å². The summed E-state index contributed by atoms with van der Waals surface area (Å²) in [5, 5.41) is 11.7. The highest BCUT2D eigenvalue weighted by atomic mass is 35.5. The normalized spacial score (nSPS) is 16.6. The summed E-state index contributed by atoms with van der Waals surface area (Å²) in [6.07, 6.45) is -0.611. The van der Waals surface area contributed by atoms with E-state index in [1.165, 1.54) is 18.9 Å². The summed E-state index contributed by atoms with van der Waals surface area (Å²) in [6.45, 7) is 0. The number of carbonyl (C=O) groups is 1. The molecule has 3 aromatic carbocycles. The van der Waals surface area contributed by atoms with Crippen LogP contribution >= 0.6 is 23.4 Å². The molecule has 0 unspecified atom stereocenters. The minimum atomic E-state index is -0.611. The van der Waals surface area contributed by atoms with Crippen LogP contribution in [0.25, 0.3) is 5.70 Å². The highest BCUT2D eigenvalue weighted by molar-refractivity contribution is 8.13. The van der Waals surface area contributed by atoms with E-state index in [1.54, 1.807) is 18.2 Å². The van der Waals surface area contributed by atoms with Crippen LogP contribution in [0.15, 0.2) is 76.8 Å². The Balaban J connectivity index is 1.61. The number of nitrogens with one attached hydrogen (secondary N) is 1. The molecule has 0 bridgehead atoms. The Kier molecular flexibility index (Phi) is 6.17. The van der Waals surface area contributed by atoms with Gasteiger partial charge in [-0.1, -0.05) is 71.9 Å². The molecule has 2 aliphatic heterocycles. The van der Waals surface area contributed by atoms with E-state index < -0.39 is 6.17 Å². The van der Waals surface area contributed by atoms with Crippen molar-refractivity contribution in [2.24, 2.45) is 10.1 Å². The van der Waals surface area contributed by atoms with E-state index in [4.69, 9.17) is 31.2 Å². The summed E-state index contributed by atoms with van der Waals surface area (Å²) in [4.78, 5) is 18.2. The molecule has 34 heavy (non-hydrogen) atoms. The fourth-order valence-electron chi connectivity index (χ4n) is 3.92. The molecule has 1 amide bonds. The van der Waals surface area contributed by atoms with Crippen molar-refractivity contribution in [1.29, 1.82) is 0 Å². The lowest BCUT2D eigenvalue weighted by Crippen LogP contribution is -2.50. The summed E-state index contributed by atoms with van der Waals surface area (Å²) in [5.41, 5.74) is 2.29. The molecule has 1 atom stereocenters. The second-order valence-electron chi connectivity index (χ2n) is 7.58. The minimum Gasteiger partial charge on any atom is -0.493 e. The minimum absolute atomic E-state index is 0.232. The average Bonchev–Trinajstić information content (AvgIpc) is 2.86. The lowest BCUT2D eigenvalue weighted by atomic mass is 10.1. The van der Waals surface area contributed by atoms with Crippen molar-refractivity contribution >= 4 is 40.1 Å². The lowest BCUT2D eigenvalue weighted by Gasteiger charge is -2.34. The van der Waals surface area contributed by atoms with Crippen LogP contribution in [0.1, 0.15) is 17.3 Å². The molecule has 0 fully saturated rings. The maximum absolute atomic E-state index is 13.3. The van der Waals surface area contributed by atoms with Crippen molar-refractivity contribution in [3.8, 4) is 11.5 Å². The predicted octanol–water partition coefficient (Wildman–Crippen LogP) is 3.43. The van der Waals surface area contributed by atoms with Crippen LogP contribution in [0.4, 0.5) is 0 Å². The van der Waals surface area contributed by atoms with Crippen molar-refractivity contribution in [3.05, 3.63) is 93.5 Å². The predicted molar refractivity (Wildman–Crippen MR) is 133 cm³/mol. The van der Waals surface area contributed by atoms with E-state index >= 15 is 0 Å². The quantitative estimate of drug-likeness (QED) is 0.590. The van der Waals surface area contributed by atoms with Crippen molar-refractivity contribution < 1.29 is 14.3 Å². The number of amidine groups is 1. The van der Waals surface area contributed by atoms with E-state index in [-0.39, 0.29) is 5.91 Å². The first kappa shape index (κ1) is 22.3. The van der Waals surface area contributed by atoms with Gasteiger partial charge in [-0.2, -0.15) is 0 Å². The van der Waals surface area contributed by atoms with Crippen LogP contribution < -0.4 is 25.4 Å². The van der Waals surface area contributed by atoms with Crippen molar-refractivity contribution in [2.75, 3.05) is 14.2 Å². The molecule has 9 heteroatoms. The summed E-state index contributed by atoms with van der Waals surface area (Å²) in [6, 6.07) is 21.1. The zero-order valence-corrected chi connectivity index (χ0v) is 20.1. The highest BCUT2D eigenvalue weighted by Crippen LogP contribution is 2.40. The number of methoxy groups -OCH3 is 2. The van der Waals surface area contributed by atoms with Gasteiger partial charge in [0.2, 0.25) is 0 Å². The molecule has 2 heterocycles. The molecular weight excluding hydrogens is 472 g/mol. The Labute approximate surface area is 205 Å². The van der Waals surface area contributed by atoms with Crippen molar-refractivity contribution in [1.82, 2.24) is 10.3 Å². The molecule has 5 rings (SSSR count). The van der Waals surface area contributed by atoms with Gasteiger partial charge in [0.1, 0.15) is 5.70 Å². The molecule has 1 N–H and O–H groups in total. The number of ether oxygens (including phenoxy) is 2. The molecule has 2 aliphatic rings. The van der Waals surface area contributed by atoms with Crippen LogP contribution in [0.2, 0.25) is 5.02 Å². The van der Waals surface area contributed by atoms with Crippen LogP contribution in [0, 0.1) is 0 Å². The zero-order chi connectivity index (χ0) is 23.7. The molecule has 0 spiro atoms. The number of halogens is 1.